The molecule has 1 heterocycles. The van der Waals surface area contributed by atoms with E-state index in [0.29, 0.717) is 11.3 Å². The molecule has 1 aromatic carbocycles. The van der Waals surface area contributed by atoms with Crippen LogP contribution in [0, 0.1) is 11.6 Å². The molecule has 1 aromatic heterocycles. The average molecular weight is 233 g/mol. The van der Waals surface area contributed by atoms with E-state index in [0.717, 1.165) is 30.5 Å². The maximum atomic E-state index is 13.1. The largest absolute Gasteiger partial charge is 0.256 e. The van der Waals surface area contributed by atoms with Crippen LogP contribution in [-0.4, -0.2) is 4.98 Å². The number of aromatic nitrogens is 1. The van der Waals surface area contributed by atoms with Gasteiger partial charge < -0.3 is 0 Å². The molecule has 0 aliphatic rings. The Morgan fingerprint density at radius 1 is 1.06 bits per heavy atom. The van der Waals surface area contributed by atoms with E-state index in [1.165, 1.54) is 6.07 Å². The summed E-state index contributed by atoms with van der Waals surface area (Å²) in [5, 5.41) is 0. The summed E-state index contributed by atoms with van der Waals surface area (Å²) in [6.07, 6.45) is 3.82. The molecule has 0 spiro atoms. The van der Waals surface area contributed by atoms with Gasteiger partial charge in [0.2, 0.25) is 0 Å². The van der Waals surface area contributed by atoms with Gasteiger partial charge in [0.15, 0.2) is 11.6 Å². The van der Waals surface area contributed by atoms with Crippen molar-refractivity contribution in [2.24, 2.45) is 0 Å². The number of nitrogens with zero attached hydrogens (tertiary/aromatic N) is 1. The molecular weight excluding hydrogens is 220 g/mol. The Morgan fingerprint density at radius 3 is 2.47 bits per heavy atom. The Bertz CT molecular complexity index is 506. The lowest BCUT2D eigenvalue weighted by Gasteiger charge is -2.03. The predicted molar refractivity (Wildman–Crippen MR) is 63.6 cm³/mol. The Morgan fingerprint density at radius 2 is 1.88 bits per heavy atom. The van der Waals surface area contributed by atoms with Gasteiger partial charge in [-0.2, -0.15) is 0 Å². The van der Waals surface area contributed by atoms with Crippen LogP contribution in [0.3, 0.4) is 0 Å². The zero-order chi connectivity index (χ0) is 12.3. The number of hydrogen-bond acceptors (Lipinski definition) is 1. The molecule has 2 rings (SSSR count). The summed E-state index contributed by atoms with van der Waals surface area (Å²) >= 11 is 0. The van der Waals surface area contributed by atoms with Gasteiger partial charge in [0.25, 0.3) is 0 Å². The third kappa shape index (κ3) is 2.67. The van der Waals surface area contributed by atoms with E-state index < -0.39 is 11.6 Å². The fourth-order valence-electron chi connectivity index (χ4n) is 1.69. The van der Waals surface area contributed by atoms with E-state index >= 15 is 0 Å². The second kappa shape index (κ2) is 5.04. The smallest absolute Gasteiger partial charge is 0.159 e. The first-order chi connectivity index (χ1) is 8.20. The molecule has 0 aliphatic carbocycles. The number of rotatable bonds is 3. The first-order valence-electron chi connectivity index (χ1n) is 5.61. The number of halogens is 2. The maximum Gasteiger partial charge on any atom is 0.159 e. The van der Waals surface area contributed by atoms with Gasteiger partial charge in [-0.15, -0.1) is 0 Å². The molecule has 17 heavy (non-hydrogen) atoms. The predicted octanol–water partition coefficient (Wildman–Crippen LogP) is 3.98. The topological polar surface area (TPSA) is 12.9 Å². The molecule has 2 aromatic rings. The lowest BCUT2D eigenvalue weighted by Crippen LogP contribution is -1.90. The minimum Gasteiger partial charge on any atom is -0.256 e. The van der Waals surface area contributed by atoms with Crippen LogP contribution < -0.4 is 0 Å². The van der Waals surface area contributed by atoms with Gasteiger partial charge >= 0.3 is 0 Å². The van der Waals surface area contributed by atoms with Crippen LogP contribution in [0.15, 0.2) is 36.5 Å². The quantitative estimate of drug-likeness (QED) is 0.781. The highest BCUT2D eigenvalue weighted by molar-refractivity contribution is 5.59. The summed E-state index contributed by atoms with van der Waals surface area (Å²) < 4.78 is 25.8. The van der Waals surface area contributed by atoms with Crippen LogP contribution in [0.25, 0.3) is 11.3 Å². The van der Waals surface area contributed by atoms with Gasteiger partial charge in [-0.05, 0) is 36.2 Å². The van der Waals surface area contributed by atoms with Crippen LogP contribution in [-0.2, 0) is 6.42 Å². The number of pyridine rings is 1. The van der Waals surface area contributed by atoms with Gasteiger partial charge in [0, 0.05) is 11.8 Å². The van der Waals surface area contributed by atoms with Crippen molar-refractivity contribution in [3.63, 3.8) is 0 Å². The molecule has 0 fully saturated rings. The Kier molecular flexibility index (Phi) is 3.47. The molecule has 0 aliphatic heterocycles. The number of aryl methyl sites for hydroxylation is 1. The van der Waals surface area contributed by atoms with Gasteiger partial charge in [0.1, 0.15) is 0 Å². The number of hydrogen-bond donors (Lipinski definition) is 0. The van der Waals surface area contributed by atoms with Crippen LogP contribution >= 0.6 is 0 Å². The lowest BCUT2D eigenvalue weighted by molar-refractivity contribution is 0.509. The van der Waals surface area contributed by atoms with Crippen LogP contribution in [0.4, 0.5) is 8.78 Å². The maximum absolute atomic E-state index is 13.1. The van der Waals surface area contributed by atoms with E-state index in [9.17, 15) is 8.78 Å². The standard InChI is InChI=1S/C14H13F2N/c1-2-3-10-4-7-14(17-9-10)11-5-6-12(15)13(16)8-11/h4-9H,2-3H2,1H3. The molecule has 0 saturated heterocycles. The summed E-state index contributed by atoms with van der Waals surface area (Å²) in [5.41, 5.74) is 2.40. The van der Waals surface area contributed by atoms with E-state index in [2.05, 4.69) is 11.9 Å². The molecule has 88 valence electrons. The monoisotopic (exact) mass is 233 g/mol. The normalized spacial score (nSPS) is 10.5. The minimum atomic E-state index is -0.845. The van der Waals surface area contributed by atoms with Crippen molar-refractivity contribution in [2.45, 2.75) is 19.8 Å². The number of benzene rings is 1. The zero-order valence-electron chi connectivity index (χ0n) is 9.58. The van der Waals surface area contributed by atoms with E-state index in [-0.39, 0.29) is 0 Å². The highest BCUT2D eigenvalue weighted by Gasteiger charge is 2.05. The second-order valence-electron chi connectivity index (χ2n) is 3.93. The van der Waals surface area contributed by atoms with Gasteiger partial charge in [-0.1, -0.05) is 19.4 Å². The first kappa shape index (κ1) is 11.7. The molecule has 0 amide bonds. The van der Waals surface area contributed by atoms with Gasteiger partial charge in [0.05, 0.1) is 5.69 Å². The van der Waals surface area contributed by atoms with Crippen molar-refractivity contribution in [1.29, 1.82) is 0 Å². The second-order valence-corrected chi connectivity index (χ2v) is 3.93. The molecule has 3 heteroatoms. The Balaban J connectivity index is 2.30. The highest BCUT2D eigenvalue weighted by Crippen LogP contribution is 2.19. The molecule has 1 nitrogen and oxygen atoms in total. The minimum absolute atomic E-state index is 0.590. The van der Waals surface area contributed by atoms with E-state index in [4.69, 9.17) is 0 Å². The van der Waals surface area contributed by atoms with Crippen LogP contribution in [0.1, 0.15) is 18.9 Å². The van der Waals surface area contributed by atoms with Crippen molar-refractivity contribution >= 4 is 0 Å². The third-order valence-electron chi connectivity index (χ3n) is 2.58. The van der Waals surface area contributed by atoms with Crippen LogP contribution in [0.5, 0.6) is 0 Å². The van der Waals surface area contributed by atoms with Crippen molar-refractivity contribution < 1.29 is 8.78 Å². The molecular formula is C14H13F2N. The lowest BCUT2D eigenvalue weighted by atomic mass is 10.1. The van der Waals surface area contributed by atoms with Crippen molar-refractivity contribution in [3.05, 3.63) is 53.7 Å². The van der Waals surface area contributed by atoms with E-state index in [1.54, 1.807) is 6.20 Å². The van der Waals surface area contributed by atoms with Crippen molar-refractivity contribution in [1.82, 2.24) is 4.98 Å². The molecule has 0 bridgehead atoms. The zero-order valence-corrected chi connectivity index (χ0v) is 9.58. The summed E-state index contributed by atoms with van der Waals surface area (Å²) in [5.74, 6) is -1.68. The van der Waals surface area contributed by atoms with Crippen molar-refractivity contribution in [3.8, 4) is 11.3 Å². The SMILES string of the molecule is CCCc1ccc(-c2ccc(F)c(F)c2)nc1. The van der Waals surface area contributed by atoms with E-state index in [1.807, 2.05) is 12.1 Å². The van der Waals surface area contributed by atoms with Crippen molar-refractivity contribution in [2.75, 3.05) is 0 Å². The Labute approximate surface area is 99.1 Å². The summed E-state index contributed by atoms with van der Waals surface area (Å²) in [4.78, 5) is 4.25. The van der Waals surface area contributed by atoms with Gasteiger partial charge in [-0.3, -0.25) is 4.98 Å². The Hall–Kier alpha value is -1.77. The molecule has 0 saturated carbocycles. The molecule has 0 radical (unpaired) electrons. The molecule has 0 atom stereocenters. The molecule has 0 N–H and O–H groups in total. The molecule has 0 unspecified atom stereocenters. The fourth-order valence-corrected chi connectivity index (χ4v) is 1.69. The average Bonchev–Trinajstić information content (AvgIpc) is 2.34. The first-order valence-corrected chi connectivity index (χ1v) is 5.61. The summed E-state index contributed by atoms with van der Waals surface area (Å²) in [6, 6.07) is 7.61. The highest BCUT2D eigenvalue weighted by atomic mass is 19.2. The van der Waals surface area contributed by atoms with Gasteiger partial charge in [-0.25, -0.2) is 8.78 Å². The van der Waals surface area contributed by atoms with Crippen LogP contribution in [0.2, 0.25) is 0 Å². The summed E-state index contributed by atoms with van der Waals surface area (Å²) in [7, 11) is 0. The third-order valence-corrected chi connectivity index (χ3v) is 2.58. The summed E-state index contributed by atoms with van der Waals surface area (Å²) in [6.45, 7) is 2.10. The fraction of sp³-hybridized carbons (Fsp3) is 0.214.